The van der Waals surface area contributed by atoms with Gasteiger partial charge >= 0.3 is 5.97 Å². The molecule has 116 valence electrons. The molecule has 0 aliphatic carbocycles. The summed E-state index contributed by atoms with van der Waals surface area (Å²) in [5, 5.41) is 22.1. The van der Waals surface area contributed by atoms with Gasteiger partial charge in [-0.2, -0.15) is 0 Å². The topological polar surface area (TPSA) is 86.7 Å². The van der Waals surface area contributed by atoms with Gasteiger partial charge < -0.3 is 19.7 Å². The van der Waals surface area contributed by atoms with Crippen LogP contribution in [0.4, 0.5) is 4.79 Å². The number of carbonyl (C=O) groups is 2. The van der Waals surface area contributed by atoms with Gasteiger partial charge in [0.15, 0.2) is 0 Å². The maximum Gasteiger partial charge on any atom is 0.366 e. The van der Waals surface area contributed by atoms with Crippen LogP contribution in [-0.2, 0) is 9.53 Å². The maximum atomic E-state index is 11.8. The Bertz CT molecular complexity index is 408. The van der Waals surface area contributed by atoms with E-state index in [1.54, 1.807) is 20.8 Å². The molecule has 3 atom stereocenters. The lowest BCUT2D eigenvalue weighted by atomic mass is 9.90. The Hall–Kier alpha value is -0.660. The number of aliphatic carboxylic acids is 1. The molecule has 0 aromatic heterocycles. The average molecular weight is 352 g/mol. The highest BCUT2D eigenvalue weighted by Gasteiger charge is 2.67. The first-order valence-electron chi connectivity index (χ1n) is 6.53. The van der Waals surface area contributed by atoms with E-state index in [1.165, 1.54) is 6.92 Å². The number of amides is 1. The summed E-state index contributed by atoms with van der Waals surface area (Å²) >= 11 is 3.24. The summed E-state index contributed by atoms with van der Waals surface area (Å²) in [4.78, 5) is 23.6. The van der Waals surface area contributed by atoms with Crippen LogP contribution in [-0.4, -0.2) is 57.3 Å². The normalized spacial score (nSPS) is 34.1. The summed E-state index contributed by atoms with van der Waals surface area (Å²) in [6.07, 6.45) is -1.63. The molecular formula is C13H22BrNO5. The van der Waals surface area contributed by atoms with Gasteiger partial charge in [-0.1, -0.05) is 15.9 Å². The molecular weight excluding hydrogens is 330 g/mol. The first-order valence-corrected chi connectivity index (χ1v) is 7.66. The van der Waals surface area contributed by atoms with E-state index in [4.69, 9.17) is 4.74 Å². The molecule has 0 bridgehead atoms. The number of quaternary nitrogens is 1. The van der Waals surface area contributed by atoms with E-state index in [0.29, 0.717) is 11.9 Å². The van der Waals surface area contributed by atoms with Crippen LogP contribution in [0.5, 0.6) is 0 Å². The molecule has 1 amide bonds. The molecule has 1 fully saturated rings. The summed E-state index contributed by atoms with van der Waals surface area (Å²) < 4.78 is 4.94. The number of halogens is 1. The molecule has 20 heavy (non-hydrogen) atoms. The van der Waals surface area contributed by atoms with Gasteiger partial charge in [0, 0.05) is 18.7 Å². The van der Waals surface area contributed by atoms with Crippen molar-refractivity contribution in [2.45, 2.75) is 51.3 Å². The molecule has 1 heterocycles. The number of hydrogen-bond acceptors (Lipinski definition) is 4. The molecule has 1 rings (SSSR count). The molecule has 7 heteroatoms. The lowest BCUT2D eigenvalue weighted by molar-refractivity contribution is -0.944. The quantitative estimate of drug-likeness (QED) is 0.602. The smallest absolute Gasteiger partial charge is 0.366 e. The van der Waals surface area contributed by atoms with Crippen LogP contribution in [0.1, 0.15) is 34.1 Å². The predicted octanol–water partition coefficient (Wildman–Crippen LogP) is 0.972. The van der Waals surface area contributed by atoms with Crippen LogP contribution < -0.4 is 5.11 Å². The third-order valence-electron chi connectivity index (χ3n) is 4.29. The molecule has 1 saturated heterocycles. The molecule has 0 aromatic carbocycles. The van der Waals surface area contributed by atoms with Gasteiger partial charge in [-0.3, -0.25) is 4.48 Å². The van der Waals surface area contributed by atoms with Gasteiger partial charge in [0.25, 0.3) is 6.09 Å². The van der Waals surface area contributed by atoms with E-state index in [1.807, 2.05) is 0 Å². The molecule has 1 aliphatic rings. The predicted molar refractivity (Wildman–Crippen MR) is 74.5 cm³/mol. The van der Waals surface area contributed by atoms with Crippen molar-refractivity contribution in [1.82, 2.24) is 0 Å². The van der Waals surface area contributed by atoms with Crippen LogP contribution >= 0.6 is 15.9 Å². The van der Waals surface area contributed by atoms with E-state index >= 15 is 0 Å². The molecule has 0 spiro atoms. The minimum Gasteiger partial charge on any atom is -0.498 e. The summed E-state index contributed by atoms with van der Waals surface area (Å²) in [5.41, 5.74) is -2.27. The molecule has 0 aromatic rings. The van der Waals surface area contributed by atoms with E-state index in [9.17, 15) is 19.8 Å². The Balaban J connectivity index is 3.30. The zero-order chi connectivity index (χ0) is 15.8. The zero-order valence-electron chi connectivity index (χ0n) is 12.3. The fourth-order valence-corrected chi connectivity index (χ4v) is 3.50. The van der Waals surface area contributed by atoms with Gasteiger partial charge in [0.2, 0.25) is 5.54 Å². The molecule has 1 N–H and O–H groups in total. The van der Waals surface area contributed by atoms with Crippen LogP contribution in [0.15, 0.2) is 0 Å². The van der Waals surface area contributed by atoms with Crippen molar-refractivity contribution in [2.75, 3.05) is 18.5 Å². The maximum absolute atomic E-state index is 11.8. The number of nitrogens with zero attached hydrogens (tertiary/aromatic N) is 1. The fourth-order valence-electron chi connectivity index (χ4n) is 3.31. The summed E-state index contributed by atoms with van der Waals surface area (Å²) in [6, 6.07) is 0. The number of likely N-dealkylation sites (tertiary alicyclic amines) is 1. The number of rotatable bonds is 4. The van der Waals surface area contributed by atoms with Crippen LogP contribution in [0.3, 0.4) is 0 Å². The Labute approximate surface area is 127 Å². The van der Waals surface area contributed by atoms with Crippen molar-refractivity contribution in [2.24, 2.45) is 0 Å². The minimum atomic E-state index is -1.46. The number of ether oxygens (including phenoxy) is 1. The Morgan fingerprint density at radius 1 is 1.50 bits per heavy atom. The Morgan fingerprint density at radius 3 is 2.35 bits per heavy atom. The number of carbonyl (C=O) groups excluding carboxylic acids is 1. The van der Waals surface area contributed by atoms with Gasteiger partial charge in [-0.15, -0.1) is 0 Å². The van der Waals surface area contributed by atoms with Crippen LogP contribution in [0.25, 0.3) is 0 Å². The number of alkyl halides is 1. The van der Waals surface area contributed by atoms with Gasteiger partial charge in [-0.25, -0.2) is 4.79 Å². The number of carboxylic acid groups (broad SMARTS) is 2. The van der Waals surface area contributed by atoms with Gasteiger partial charge in [0.1, 0.15) is 12.6 Å². The van der Waals surface area contributed by atoms with Crippen molar-refractivity contribution in [1.29, 1.82) is 0 Å². The van der Waals surface area contributed by atoms with Crippen molar-refractivity contribution >= 4 is 28.0 Å². The molecule has 0 saturated carbocycles. The molecule has 0 radical (unpaired) electrons. The van der Waals surface area contributed by atoms with E-state index in [2.05, 4.69) is 15.9 Å². The second-order valence-electron chi connectivity index (χ2n) is 6.39. The van der Waals surface area contributed by atoms with Gasteiger partial charge in [0.05, 0.1) is 12.1 Å². The summed E-state index contributed by atoms with van der Waals surface area (Å²) in [6.45, 7) is 7.14. The highest BCUT2D eigenvalue weighted by atomic mass is 79.9. The van der Waals surface area contributed by atoms with Crippen LogP contribution in [0.2, 0.25) is 0 Å². The molecule has 1 unspecified atom stereocenters. The van der Waals surface area contributed by atoms with Crippen molar-refractivity contribution in [3.63, 3.8) is 0 Å². The third-order valence-corrected chi connectivity index (χ3v) is 4.62. The highest BCUT2D eigenvalue weighted by Crippen LogP contribution is 2.45. The molecule has 1 aliphatic heterocycles. The number of hydrogen-bond donors (Lipinski definition) is 1. The van der Waals surface area contributed by atoms with E-state index in [-0.39, 0.29) is 13.0 Å². The second kappa shape index (κ2) is 5.61. The summed E-state index contributed by atoms with van der Waals surface area (Å²) in [5.74, 6) is -1.14. The van der Waals surface area contributed by atoms with Crippen LogP contribution in [0, 0.1) is 0 Å². The standard InChI is InChI=1S/C13H22BrNO5/c1-12(2,3)15(11(18)19)8-9(20-6-5-14)7-13(15,4)10(16)17/h9H,5-8H2,1-4H3,(H-,16,17,18,19)/t9-,13-,15?/m0/s1. The Morgan fingerprint density at radius 2 is 2.05 bits per heavy atom. The van der Waals surface area contributed by atoms with E-state index < -0.39 is 33.7 Å². The van der Waals surface area contributed by atoms with Crippen molar-refractivity contribution in [3.05, 3.63) is 0 Å². The SMILES string of the molecule is CC(C)(C)[N+]1(C(=O)[O-])C[C@@H](OCCBr)C[C@@]1(C)C(=O)O. The summed E-state index contributed by atoms with van der Waals surface area (Å²) in [7, 11) is 0. The monoisotopic (exact) mass is 351 g/mol. The highest BCUT2D eigenvalue weighted by molar-refractivity contribution is 9.09. The fraction of sp³-hybridized carbons (Fsp3) is 0.846. The van der Waals surface area contributed by atoms with Crippen molar-refractivity contribution < 1.29 is 29.0 Å². The zero-order valence-corrected chi connectivity index (χ0v) is 13.9. The first kappa shape index (κ1) is 17.4. The average Bonchev–Trinajstić information content (AvgIpc) is 2.61. The lowest BCUT2D eigenvalue weighted by Crippen LogP contribution is -2.76. The molecule has 6 nitrogen and oxygen atoms in total. The second-order valence-corrected chi connectivity index (χ2v) is 7.19. The van der Waals surface area contributed by atoms with Gasteiger partial charge in [-0.05, 0) is 20.8 Å². The third kappa shape index (κ3) is 2.46. The largest absolute Gasteiger partial charge is 0.498 e. The minimum absolute atomic E-state index is 0.0988. The first-order chi connectivity index (χ1) is 9.03. The lowest BCUT2D eigenvalue weighted by Gasteiger charge is -2.52. The Kier molecular flexibility index (Phi) is 4.88. The number of carboxylic acids is 1. The van der Waals surface area contributed by atoms with E-state index in [0.717, 1.165) is 0 Å². The van der Waals surface area contributed by atoms with Crippen molar-refractivity contribution in [3.8, 4) is 0 Å².